The summed E-state index contributed by atoms with van der Waals surface area (Å²) < 4.78 is 5.88. The van der Waals surface area contributed by atoms with Crippen LogP contribution in [0.1, 0.15) is 48.8 Å². The standard InChI is InChI=1S/C21H30N2O3/c1-14-10-15(2)20(16(3)11-14)26-13-19(24)23-9-5-4-6-18(23)12-22-21(25)17-7-8-17/h10-11,17-18H,4-9,12-13H2,1-3H3,(H,22,25)/t18-/m0/s1. The Balaban J connectivity index is 1.57. The van der Waals surface area contributed by atoms with E-state index in [9.17, 15) is 9.59 Å². The zero-order valence-corrected chi connectivity index (χ0v) is 16.1. The van der Waals surface area contributed by atoms with Crippen molar-refractivity contribution < 1.29 is 14.3 Å². The van der Waals surface area contributed by atoms with E-state index in [0.29, 0.717) is 6.54 Å². The van der Waals surface area contributed by atoms with E-state index in [1.165, 1.54) is 5.56 Å². The first-order valence-corrected chi connectivity index (χ1v) is 9.73. The summed E-state index contributed by atoms with van der Waals surface area (Å²) in [4.78, 5) is 26.5. The summed E-state index contributed by atoms with van der Waals surface area (Å²) in [5.74, 6) is 1.16. The summed E-state index contributed by atoms with van der Waals surface area (Å²) in [5.41, 5.74) is 3.31. The van der Waals surface area contributed by atoms with Gasteiger partial charge in [-0.15, -0.1) is 0 Å². The predicted octanol–water partition coefficient (Wildman–Crippen LogP) is 2.90. The molecular weight excluding hydrogens is 328 g/mol. The average molecular weight is 358 g/mol. The zero-order valence-electron chi connectivity index (χ0n) is 16.1. The third kappa shape index (κ3) is 4.57. The van der Waals surface area contributed by atoms with Crippen molar-refractivity contribution in [3.05, 3.63) is 28.8 Å². The Morgan fingerprint density at radius 1 is 1.12 bits per heavy atom. The van der Waals surface area contributed by atoms with E-state index in [1.807, 2.05) is 18.7 Å². The lowest BCUT2D eigenvalue weighted by atomic mass is 10.0. The van der Waals surface area contributed by atoms with Crippen LogP contribution in [0, 0.1) is 26.7 Å². The highest BCUT2D eigenvalue weighted by Crippen LogP contribution is 2.29. The van der Waals surface area contributed by atoms with Gasteiger partial charge in [-0.3, -0.25) is 9.59 Å². The molecule has 0 aromatic heterocycles. The molecule has 3 rings (SSSR count). The minimum absolute atomic E-state index is 0.00902. The van der Waals surface area contributed by atoms with Crippen LogP contribution in [-0.4, -0.2) is 42.5 Å². The van der Waals surface area contributed by atoms with Gasteiger partial charge in [-0.25, -0.2) is 0 Å². The Morgan fingerprint density at radius 3 is 2.46 bits per heavy atom. The molecule has 0 bridgehead atoms. The van der Waals surface area contributed by atoms with Crippen LogP contribution >= 0.6 is 0 Å². The van der Waals surface area contributed by atoms with Crippen molar-refractivity contribution in [2.45, 2.75) is 58.9 Å². The molecule has 0 spiro atoms. The lowest BCUT2D eigenvalue weighted by Gasteiger charge is -2.36. The summed E-state index contributed by atoms with van der Waals surface area (Å²) in [5, 5.41) is 3.02. The van der Waals surface area contributed by atoms with Gasteiger partial charge in [0, 0.05) is 25.0 Å². The van der Waals surface area contributed by atoms with Crippen LogP contribution < -0.4 is 10.1 Å². The number of nitrogens with one attached hydrogen (secondary N) is 1. The number of hydrogen-bond donors (Lipinski definition) is 1. The molecule has 1 aromatic carbocycles. The minimum atomic E-state index is 0.00902. The fourth-order valence-corrected chi connectivity index (χ4v) is 3.86. The van der Waals surface area contributed by atoms with Gasteiger partial charge in [0.25, 0.3) is 5.91 Å². The van der Waals surface area contributed by atoms with Crippen molar-refractivity contribution in [3.63, 3.8) is 0 Å². The number of likely N-dealkylation sites (tertiary alicyclic amines) is 1. The van der Waals surface area contributed by atoms with E-state index < -0.39 is 0 Å². The van der Waals surface area contributed by atoms with Gasteiger partial charge in [-0.05, 0) is 64.0 Å². The van der Waals surface area contributed by atoms with Crippen molar-refractivity contribution in [2.24, 2.45) is 5.92 Å². The summed E-state index contributed by atoms with van der Waals surface area (Å²) >= 11 is 0. The number of benzene rings is 1. The van der Waals surface area contributed by atoms with Gasteiger partial charge in [-0.1, -0.05) is 17.7 Å². The van der Waals surface area contributed by atoms with Crippen molar-refractivity contribution in [3.8, 4) is 5.75 Å². The predicted molar refractivity (Wildman–Crippen MR) is 101 cm³/mol. The third-order valence-corrected chi connectivity index (χ3v) is 5.35. The zero-order chi connectivity index (χ0) is 18.7. The van der Waals surface area contributed by atoms with Crippen molar-refractivity contribution >= 4 is 11.8 Å². The Bertz CT molecular complexity index is 659. The maximum atomic E-state index is 12.8. The molecular formula is C21H30N2O3. The first-order valence-electron chi connectivity index (χ1n) is 9.73. The second kappa shape index (κ2) is 8.11. The quantitative estimate of drug-likeness (QED) is 0.851. The molecule has 1 N–H and O–H groups in total. The second-order valence-corrected chi connectivity index (χ2v) is 7.77. The average Bonchev–Trinajstić information content (AvgIpc) is 3.44. The molecule has 1 heterocycles. The molecule has 1 aliphatic heterocycles. The summed E-state index contributed by atoms with van der Waals surface area (Å²) in [6.45, 7) is 7.44. The van der Waals surface area contributed by atoms with E-state index >= 15 is 0 Å². The Labute approximate surface area is 156 Å². The highest BCUT2D eigenvalue weighted by atomic mass is 16.5. The number of carbonyl (C=O) groups is 2. The van der Waals surface area contributed by atoms with Gasteiger partial charge in [0.2, 0.25) is 5.91 Å². The van der Waals surface area contributed by atoms with Crippen LogP contribution in [0.3, 0.4) is 0 Å². The molecule has 0 unspecified atom stereocenters. The van der Waals surface area contributed by atoms with Crippen LogP contribution in [0.25, 0.3) is 0 Å². The largest absolute Gasteiger partial charge is 0.483 e. The molecule has 26 heavy (non-hydrogen) atoms. The summed E-state index contributed by atoms with van der Waals surface area (Å²) in [6, 6.07) is 4.23. The molecule has 0 radical (unpaired) electrons. The van der Waals surface area contributed by atoms with E-state index in [-0.39, 0.29) is 30.4 Å². The lowest BCUT2D eigenvalue weighted by Crippen LogP contribution is -2.51. The second-order valence-electron chi connectivity index (χ2n) is 7.77. The van der Waals surface area contributed by atoms with Crippen LogP contribution in [0.2, 0.25) is 0 Å². The van der Waals surface area contributed by atoms with Crippen LogP contribution in [-0.2, 0) is 9.59 Å². The highest BCUT2D eigenvalue weighted by Gasteiger charge is 2.32. The van der Waals surface area contributed by atoms with E-state index in [0.717, 1.165) is 55.5 Å². The Kier molecular flexibility index (Phi) is 5.84. The SMILES string of the molecule is Cc1cc(C)c(OCC(=O)N2CCCC[C@H]2CNC(=O)C2CC2)c(C)c1. The number of nitrogens with zero attached hydrogens (tertiary/aromatic N) is 1. The van der Waals surface area contributed by atoms with Gasteiger partial charge < -0.3 is 15.0 Å². The number of carbonyl (C=O) groups excluding carboxylic acids is 2. The van der Waals surface area contributed by atoms with E-state index in [4.69, 9.17) is 4.74 Å². The van der Waals surface area contributed by atoms with Crippen LogP contribution in [0.5, 0.6) is 5.75 Å². The fourth-order valence-electron chi connectivity index (χ4n) is 3.86. The Hall–Kier alpha value is -2.04. The normalized spacial score (nSPS) is 20.0. The lowest BCUT2D eigenvalue weighted by molar-refractivity contribution is -0.137. The number of aryl methyl sites for hydroxylation is 3. The molecule has 1 aromatic rings. The summed E-state index contributed by atoms with van der Waals surface area (Å²) in [6.07, 6.45) is 5.07. The van der Waals surface area contributed by atoms with Gasteiger partial charge in [-0.2, -0.15) is 0 Å². The molecule has 2 fully saturated rings. The molecule has 2 aliphatic rings. The van der Waals surface area contributed by atoms with Gasteiger partial charge in [0.1, 0.15) is 5.75 Å². The van der Waals surface area contributed by atoms with E-state index in [1.54, 1.807) is 0 Å². The molecule has 5 heteroatoms. The highest BCUT2D eigenvalue weighted by molar-refractivity contribution is 5.81. The van der Waals surface area contributed by atoms with Crippen LogP contribution in [0.4, 0.5) is 0 Å². The van der Waals surface area contributed by atoms with Gasteiger partial charge in [0.15, 0.2) is 6.61 Å². The minimum Gasteiger partial charge on any atom is -0.483 e. The molecule has 1 saturated heterocycles. The number of hydrogen-bond acceptors (Lipinski definition) is 3. The number of ether oxygens (including phenoxy) is 1. The monoisotopic (exact) mass is 358 g/mol. The molecule has 1 saturated carbocycles. The smallest absolute Gasteiger partial charge is 0.260 e. The first kappa shape index (κ1) is 18.7. The third-order valence-electron chi connectivity index (χ3n) is 5.35. The van der Waals surface area contributed by atoms with Gasteiger partial charge in [0.05, 0.1) is 0 Å². The topological polar surface area (TPSA) is 58.6 Å². The van der Waals surface area contributed by atoms with Gasteiger partial charge >= 0.3 is 0 Å². The molecule has 142 valence electrons. The number of amides is 2. The molecule has 1 atom stereocenters. The number of piperidine rings is 1. The summed E-state index contributed by atoms with van der Waals surface area (Å²) in [7, 11) is 0. The molecule has 1 aliphatic carbocycles. The number of rotatable bonds is 6. The first-order chi connectivity index (χ1) is 12.5. The molecule has 5 nitrogen and oxygen atoms in total. The molecule has 2 amide bonds. The van der Waals surface area contributed by atoms with Crippen molar-refractivity contribution in [1.29, 1.82) is 0 Å². The Morgan fingerprint density at radius 2 is 1.81 bits per heavy atom. The van der Waals surface area contributed by atoms with Crippen LogP contribution in [0.15, 0.2) is 12.1 Å². The van der Waals surface area contributed by atoms with Crippen molar-refractivity contribution in [2.75, 3.05) is 19.7 Å². The maximum absolute atomic E-state index is 12.8. The van der Waals surface area contributed by atoms with E-state index in [2.05, 4.69) is 24.4 Å². The fraction of sp³-hybridized carbons (Fsp3) is 0.619. The van der Waals surface area contributed by atoms with Crippen molar-refractivity contribution in [1.82, 2.24) is 10.2 Å². The maximum Gasteiger partial charge on any atom is 0.260 e.